The number of carbonyl (C=O) groups is 2. The van der Waals surface area contributed by atoms with Gasteiger partial charge >= 0.3 is 5.97 Å². The number of nitriles is 1. The van der Waals surface area contributed by atoms with E-state index in [0.717, 1.165) is 12.0 Å². The van der Waals surface area contributed by atoms with Crippen LogP contribution in [-0.4, -0.2) is 37.7 Å². The monoisotopic (exact) mass is 302 g/mol. The van der Waals surface area contributed by atoms with Gasteiger partial charge in [-0.2, -0.15) is 5.26 Å². The molecule has 1 N–H and O–H groups in total. The van der Waals surface area contributed by atoms with Crippen molar-refractivity contribution >= 4 is 11.9 Å². The van der Waals surface area contributed by atoms with Crippen LogP contribution in [0.4, 0.5) is 0 Å². The first kappa shape index (κ1) is 16.0. The molecule has 0 aliphatic carbocycles. The summed E-state index contributed by atoms with van der Waals surface area (Å²) in [5, 5.41) is 11.5. The lowest BCUT2D eigenvalue weighted by Gasteiger charge is -2.18. The Morgan fingerprint density at radius 3 is 2.73 bits per heavy atom. The molecule has 0 aromatic heterocycles. The van der Waals surface area contributed by atoms with Gasteiger partial charge in [-0.25, -0.2) is 4.79 Å². The predicted octanol–water partition coefficient (Wildman–Crippen LogP) is 0.938. The fraction of sp³-hybridized carbons (Fsp3) is 0.438. The van der Waals surface area contributed by atoms with Crippen molar-refractivity contribution in [3.8, 4) is 6.07 Å². The largest absolute Gasteiger partial charge is 0.467 e. The lowest BCUT2D eigenvalue weighted by atomic mass is 10.0. The average Bonchev–Trinajstić information content (AvgIpc) is 3.08. The van der Waals surface area contributed by atoms with E-state index in [1.54, 1.807) is 24.3 Å². The highest BCUT2D eigenvalue weighted by atomic mass is 16.5. The van der Waals surface area contributed by atoms with Crippen molar-refractivity contribution in [1.29, 1.82) is 5.26 Å². The summed E-state index contributed by atoms with van der Waals surface area (Å²) in [4.78, 5) is 23.9. The summed E-state index contributed by atoms with van der Waals surface area (Å²) in [6.07, 6.45) is 1.32. The Hall–Kier alpha value is -2.39. The molecular weight excluding hydrogens is 284 g/mol. The molecule has 1 aromatic carbocycles. The lowest BCUT2D eigenvalue weighted by molar-refractivity contribution is -0.146. The number of ether oxygens (including phenoxy) is 2. The van der Waals surface area contributed by atoms with Crippen molar-refractivity contribution in [1.82, 2.24) is 5.32 Å². The van der Waals surface area contributed by atoms with E-state index in [9.17, 15) is 9.59 Å². The van der Waals surface area contributed by atoms with E-state index in [4.69, 9.17) is 14.7 Å². The Morgan fingerprint density at radius 2 is 2.18 bits per heavy atom. The van der Waals surface area contributed by atoms with E-state index in [0.29, 0.717) is 25.0 Å². The molecule has 6 heteroatoms. The zero-order valence-electron chi connectivity index (χ0n) is 12.4. The Kier molecular flexibility index (Phi) is 5.50. The normalized spacial score (nSPS) is 18.3. The fourth-order valence-electron chi connectivity index (χ4n) is 2.34. The van der Waals surface area contributed by atoms with E-state index < -0.39 is 18.1 Å². The van der Waals surface area contributed by atoms with Crippen molar-refractivity contribution in [3.05, 3.63) is 35.4 Å². The van der Waals surface area contributed by atoms with Crippen LogP contribution in [0.3, 0.4) is 0 Å². The van der Waals surface area contributed by atoms with Gasteiger partial charge in [0.2, 0.25) is 5.91 Å². The van der Waals surface area contributed by atoms with Crippen LogP contribution < -0.4 is 5.32 Å². The predicted molar refractivity (Wildman–Crippen MR) is 77.8 cm³/mol. The van der Waals surface area contributed by atoms with Crippen LogP contribution in [0.5, 0.6) is 0 Å². The molecule has 0 bridgehead atoms. The molecule has 0 unspecified atom stereocenters. The molecule has 2 rings (SSSR count). The smallest absolute Gasteiger partial charge is 0.328 e. The van der Waals surface area contributed by atoms with Gasteiger partial charge in [-0.3, -0.25) is 4.79 Å². The summed E-state index contributed by atoms with van der Waals surface area (Å²) in [5.41, 5.74) is 1.38. The molecule has 1 amide bonds. The number of nitrogens with one attached hydrogen (secondary N) is 1. The second-order valence-electron chi connectivity index (χ2n) is 5.10. The van der Waals surface area contributed by atoms with E-state index in [-0.39, 0.29) is 5.91 Å². The number of rotatable bonds is 5. The molecule has 1 aliphatic rings. The molecular formula is C16H18N2O4. The fourth-order valence-corrected chi connectivity index (χ4v) is 2.34. The molecule has 116 valence electrons. The molecule has 1 aromatic rings. The highest BCUT2D eigenvalue weighted by Gasteiger charge is 2.28. The van der Waals surface area contributed by atoms with Crippen LogP contribution in [0.25, 0.3) is 0 Å². The molecule has 0 saturated carbocycles. The maximum absolute atomic E-state index is 12.1. The van der Waals surface area contributed by atoms with Crippen molar-refractivity contribution in [2.45, 2.75) is 31.4 Å². The summed E-state index contributed by atoms with van der Waals surface area (Å²) in [5.74, 6) is -0.794. The Bertz CT molecular complexity index is 571. The average molecular weight is 302 g/mol. The Labute approximate surface area is 129 Å². The molecule has 2 atom stereocenters. The third-order valence-corrected chi connectivity index (χ3v) is 3.55. The van der Waals surface area contributed by atoms with Gasteiger partial charge in [0, 0.05) is 13.0 Å². The van der Waals surface area contributed by atoms with Gasteiger partial charge in [-0.05, 0) is 30.5 Å². The van der Waals surface area contributed by atoms with Gasteiger partial charge in [0.15, 0.2) is 0 Å². The second kappa shape index (κ2) is 7.57. The third-order valence-electron chi connectivity index (χ3n) is 3.55. The standard InChI is InChI=1S/C16H18N2O4/c1-21-16(20)13(18-15(19)14-3-2-8-22-14)9-11-4-6-12(10-17)7-5-11/h4-7,13-14H,2-3,8-9H2,1H3,(H,18,19)/t13-,14-/m0/s1. The van der Waals surface area contributed by atoms with Crippen LogP contribution >= 0.6 is 0 Å². The molecule has 1 saturated heterocycles. The Balaban J connectivity index is 2.03. The minimum absolute atomic E-state index is 0.290. The minimum Gasteiger partial charge on any atom is -0.467 e. The maximum Gasteiger partial charge on any atom is 0.328 e. The van der Waals surface area contributed by atoms with Crippen molar-refractivity contribution in [2.75, 3.05) is 13.7 Å². The number of methoxy groups -OCH3 is 1. The summed E-state index contributed by atoms with van der Waals surface area (Å²) >= 11 is 0. The highest BCUT2D eigenvalue weighted by molar-refractivity contribution is 5.87. The topological polar surface area (TPSA) is 88.4 Å². The maximum atomic E-state index is 12.1. The van der Waals surface area contributed by atoms with Crippen LogP contribution in [0, 0.1) is 11.3 Å². The van der Waals surface area contributed by atoms with Gasteiger partial charge in [-0.1, -0.05) is 12.1 Å². The van der Waals surface area contributed by atoms with Gasteiger partial charge in [-0.15, -0.1) is 0 Å². The van der Waals surface area contributed by atoms with E-state index in [1.807, 2.05) is 6.07 Å². The molecule has 1 heterocycles. The number of hydrogen-bond donors (Lipinski definition) is 1. The zero-order valence-corrected chi connectivity index (χ0v) is 12.4. The van der Waals surface area contributed by atoms with Gasteiger partial charge < -0.3 is 14.8 Å². The van der Waals surface area contributed by atoms with Crippen molar-refractivity contribution in [3.63, 3.8) is 0 Å². The van der Waals surface area contributed by atoms with Crippen LogP contribution in [0.1, 0.15) is 24.0 Å². The number of benzene rings is 1. The SMILES string of the molecule is COC(=O)[C@H](Cc1ccc(C#N)cc1)NC(=O)[C@@H]1CCCO1. The van der Waals surface area contributed by atoms with Crippen molar-refractivity contribution in [2.24, 2.45) is 0 Å². The first-order chi connectivity index (χ1) is 10.6. The van der Waals surface area contributed by atoms with E-state index in [2.05, 4.69) is 5.32 Å². The molecule has 6 nitrogen and oxygen atoms in total. The van der Waals surface area contributed by atoms with E-state index in [1.165, 1.54) is 7.11 Å². The van der Waals surface area contributed by atoms with Crippen LogP contribution in [-0.2, 0) is 25.5 Å². The first-order valence-electron chi connectivity index (χ1n) is 7.13. The number of carbonyl (C=O) groups excluding carboxylic acids is 2. The Morgan fingerprint density at radius 1 is 1.45 bits per heavy atom. The molecule has 1 fully saturated rings. The minimum atomic E-state index is -0.769. The molecule has 0 spiro atoms. The lowest BCUT2D eigenvalue weighted by Crippen LogP contribution is -2.47. The quantitative estimate of drug-likeness (QED) is 0.818. The summed E-state index contributed by atoms with van der Waals surface area (Å²) in [6, 6.07) is 8.12. The van der Waals surface area contributed by atoms with Crippen LogP contribution in [0.2, 0.25) is 0 Å². The van der Waals surface area contributed by atoms with Gasteiger partial charge in [0.25, 0.3) is 0 Å². The summed E-state index contributed by atoms with van der Waals surface area (Å²) in [7, 11) is 1.28. The van der Waals surface area contributed by atoms with Gasteiger partial charge in [0.1, 0.15) is 12.1 Å². The molecule has 1 aliphatic heterocycles. The second-order valence-corrected chi connectivity index (χ2v) is 5.10. The summed E-state index contributed by atoms with van der Waals surface area (Å²) in [6.45, 7) is 0.566. The highest BCUT2D eigenvalue weighted by Crippen LogP contribution is 2.13. The number of nitrogens with zero attached hydrogens (tertiary/aromatic N) is 1. The van der Waals surface area contributed by atoms with Gasteiger partial charge in [0.05, 0.1) is 18.7 Å². The number of esters is 1. The first-order valence-corrected chi connectivity index (χ1v) is 7.13. The van der Waals surface area contributed by atoms with Crippen molar-refractivity contribution < 1.29 is 19.1 Å². The molecule has 22 heavy (non-hydrogen) atoms. The van der Waals surface area contributed by atoms with Crippen LogP contribution in [0.15, 0.2) is 24.3 Å². The molecule has 0 radical (unpaired) electrons. The zero-order chi connectivity index (χ0) is 15.9. The summed E-state index contributed by atoms with van der Waals surface area (Å²) < 4.78 is 10.1. The van der Waals surface area contributed by atoms with E-state index >= 15 is 0 Å². The third kappa shape index (κ3) is 4.06. The number of amides is 1. The number of hydrogen-bond acceptors (Lipinski definition) is 5.